The molecule has 1 amide bonds. The SMILES string of the molecule is Cc1cc(C(=O)N2CC[C@H](O)C2)cs1. The first-order valence-corrected chi connectivity index (χ1v) is 5.57. The number of nitrogens with zero attached hydrogens (tertiary/aromatic N) is 1. The summed E-state index contributed by atoms with van der Waals surface area (Å²) in [5, 5.41) is 11.2. The summed E-state index contributed by atoms with van der Waals surface area (Å²) in [7, 11) is 0. The molecule has 0 radical (unpaired) electrons. The Kier molecular flexibility index (Phi) is 2.56. The standard InChI is InChI=1S/C10H13NO2S/c1-7-4-8(6-14-7)10(13)11-3-2-9(12)5-11/h4,6,9,12H,2-3,5H2,1H3/t9-/m0/s1. The zero-order chi connectivity index (χ0) is 10.1. The van der Waals surface area contributed by atoms with Crippen molar-refractivity contribution in [3.63, 3.8) is 0 Å². The van der Waals surface area contributed by atoms with Crippen LogP contribution in [-0.4, -0.2) is 35.1 Å². The lowest BCUT2D eigenvalue weighted by molar-refractivity contribution is 0.0765. The fourth-order valence-corrected chi connectivity index (χ4v) is 2.34. The Bertz CT molecular complexity index is 348. The second-order valence-electron chi connectivity index (χ2n) is 3.64. The van der Waals surface area contributed by atoms with Gasteiger partial charge in [-0.3, -0.25) is 4.79 Å². The number of rotatable bonds is 1. The smallest absolute Gasteiger partial charge is 0.254 e. The predicted molar refractivity (Wildman–Crippen MR) is 55.6 cm³/mol. The summed E-state index contributed by atoms with van der Waals surface area (Å²) in [4.78, 5) is 14.7. The third kappa shape index (κ3) is 1.81. The second kappa shape index (κ2) is 3.71. The van der Waals surface area contributed by atoms with Crippen LogP contribution in [0.4, 0.5) is 0 Å². The Morgan fingerprint density at radius 2 is 2.50 bits per heavy atom. The van der Waals surface area contributed by atoms with Crippen molar-refractivity contribution in [2.45, 2.75) is 19.4 Å². The first kappa shape index (κ1) is 9.68. The highest BCUT2D eigenvalue weighted by molar-refractivity contribution is 7.10. The quantitative estimate of drug-likeness (QED) is 0.759. The van der Waals surface area contributed by atoms with E-state index in [2.05, 4.69) is 0 Å². The van der Waals surface area contributed by atoms with E-state index in [1.807, 2.05) is 18.4 Å². The van der Waals surface area contributed by atoms with Gasteiger partial charge in [-0.05, 0) is 19.4 Å². The summed E-state index contributed by atoms with van der Waals surface area (Å²) in [5.41, 5.74) is 0.751. The largest absolute Gasteiger partial charge is 0.391 e. The molecule has 1 aliphatic heterocycles. The van der Waals surface area contributed by atoms with Crippen LogP contribution in [0, 0.1) is 6.92 Å². The van der Waals surface area contributed by atoms with E-state index in [1.165, 1.54) is 0 Å². The molecule has 1 fully saturated rings. The first-order chi connectivity index (χ1) is 6.66. The summed E-state index contributed by atoms with van der Waals surface area (Å²) < 4.78 is 0. The Balaban J connectivity index is 2.09. The Morgan fingerprint density at radius 1 is 1.71 bits per heavy atom. The van der Waals surface area contributed by atoms with Gasteiger partial charge in [0.1, 0.15) is 0 Å². The van der Waals surface area contributed by atoms with E-state index < -0.39 is 0 Å². The highest BCUT2D eigenvalue weighted by Crippen LogP contribution is 2.18. The number of hydrogen-bond donors (Lipinski definition) is 1. The van der Waals surface area contributed by atoms with E-state index in [0.717, 1.165) is 10.4 Å². The van der Waals surface area contributed by atoms with Crippen molar-refractivity contribution < 1.29 is 9.90 Å². The fraction of sp³-hybridized carbons (Fsp3) is 0.500. The van der Waals surface area contributed by atoms with Gasteiger partial charge in [-0.15, -0.1) is 11.3 Å². The minimum atomic E-state index is -0.335. The van der Waals surface area contributed by atoms with Crippen molar-refractivity contribution in [2.75, 3.05) is 13.1 Å². The Hall–Kier alpha value is -0.870. The molecule has 0 aliphatic carbocycles. The van der Waals surface area contributed by atoms with Crippen molar-refractivity contribution >= 4 is 17.2 Å². The average Bonchev–Trinajstić information content (AvgIpc) is 2.73. The number of likely N-dealkylation sites (tertiary alicyclic amines) is 1. The van der Waals surface area contributed by atoms with Crippen LogP contribution in [0.1, 0.15) is 21.7 Å². The lowest BCUT2D eigenvalue weighted by Gasteiger charge is -2.13. The zero-order valence-electron chi connectivity index (χ0n) is 8.06. The predicted octanol–water partition coefficient (Wildman–Crippen LogP) is 1.26. The number of hydrogen-bond acceptors (Lipinski definition) is 3. The number of amides is 1. The molecule has 2 heterocycles. The maximum atomic E-state index is 11.8. The van der Waals surface area contributed by atoms with Gasteiger partial charge in [0.25, 0.3) is 5.91 Å². The van der Waals surface area contributed by atoms with Gasteiger partial charge < -0.3 is 10.0 Å². The third-order valence-corrected chi connectivity index (χ3v) is 3.29. The molecule has 76 valence electrons. The molecule has 1 N–H and O–H groups in total. The van der Waals surface area contributed by atoms with E-state index in [0.29, 0.717) is 19.5 Å². The molecule has 1 aromatic rings. The van der Waals surface area contributed by atoms with Crippen LogP contribution in [0.2, 0.25) is 0 Å². The van der Waals surface area contributed by atoms with E-state index in [-0.39, 0.29) is 12.0 Å². The van der Waals surface area contributed by atoms with E-state index >= 15 is 0 Å². The van der Waals surface area contributed by atoms with Crippen LogP contribution in [0.15, 0.2) is 11.4 Å². The molecule has 0 unspecified atom stereocenters. The van der Waals surface area contributed by atoms with E-state index in [4.69, 9.17) is 0 Å². The van der Waals surface area contributed by atoms with E-state index in [1.54, 1.807) is 16.2 Å². The maximum absolute atomic E-state index is 11.8. The summed E-state index contributed by atoms with van der Waals surface area (Å²) in [6.07, 6.45) is 0.369. The van der Waals surface area contributed by atoms with Gasteiger partial charge in [0.05, 0.1) is 11.7 Å². The maximum Gasteiger partial charge on any atom is 0.254 e. The van der Waals surface area contributed by atoms with Crippen LogP contribution in [0.5, 0.6) is 0 Å². The number of carbonyl (C=O) groups is 1. The molecule has 0 bridgehead atoms. The topological polar surface area (TPSA) is 40.5 Å². The number of thiophene rings is 1. The normalized spacial score (nSPS) is 21.6. The minimum Gasteiger partial charge on any atom is -0.391 e. The van der Waals surface area contributed by atoms with E-state index in [9.17, 15) is 9.90 Å². The molecule has 3 nitrogen and oxygen atoms in total. The molecule has 0 spiro atoms. The minimum absolute atomic E-state index is 0.0471. The average molecular weight is 211 g/mol. The van der Waals surface area contributed by atoms with Crippen LogP contribution in [0.25, 0.3) is 0 Å². The summed E-state index contributed by atoms with van der Waals surface area (Å²) in [5.74, 6) is 0.0471. The highest BCUT2D eigenvalue weighted by atomic mass is 32.1. The van der Waals surface area contributed by atoms with Crippen molar-refractivity contribution in [3.05, 3.63) is 21.9 Å². The number of aryl methyl sites for hydroxylation is 1. The first-order valence-electron chi connectivity index (χ1n) is 4.69. The molecule has 0 saturated carbocycles. The molecule has 1 aromatic heterocycles. The van der Waals surface area contributed by atoms with Gasteiger partial charge >= 0.3 is 0 Å². The van der Waals surface area contributed by atoms with Crippen LogP contribution < -0.4 is 0 Å². The van der Waals surface area contributed by atoms with Crippen molar-refractivity contribution in [1.82, 2.24) is 4.90 Å². The summed E-state index contributed by atoms with van der Waals surface area (Å²) in [6, 6.07) is 1.90. The highest BCUT2D eigenvalue weighted by Gasteiger charge is 2.25. The van der Waals surface area contributed by atoms with Crippen LogP contribution in [0.3, 0.4) is 0 Å². The van der Waals surface area contributed by atoms with Gasteiger partial charge in [0.15, 0.2) is 0 Å². The molecule has 14 heavy (non-hydrogen) atoms. The molecular weight excluding hydrogens is 198 g/mol. The zero-order valence-corrected chi connectivity index (χ0v) is 8.88. The van der Waals surface area contributed by atoms with Crippen LogP contribution >= 0.6 is 11.3 Å². The molecule has 2 rings (SSSR count). The summed E-state index contributed by atoms with van der Waals surface area (Å²) in [6.45, 7) is 3.14. The van der Waals surface area contributed by atoms with Gasteiger partial charge in [0.2, 0.25) is 0 Å². The molecule has 1 aliphatic rings. The molecule has 0 aromatic carbocycles. The lowest BCUT2D eigenvalue weighted by Crippen LogP contribution is -2.29. The molecular formula is C10H13NO2S. The molecule has 4 heteroatoms. The van der Waals surface area contributed by atoms with Crippen molar-refractivity contribution in [3.8, 4) is 0 Å². The number of aliphatic hydroxyl groups excluding tert-OH is 1. The van der Waals surface area contributed by atoms with Gasteiger partial charge in [-0.2, -0.15) is 0 Å². The Morgan fingerprint density at radius 3 is 3.00 bits per heavy atom. The van der Waals surface area contributed by atoms with Gasteiger partial charge in [-0.25, -0.2) is 0 Å². The molecule has 1 saturated heterocycles. The van der Waals surface area contributed by atoms with Crippen molar-refractivity contribution in [1.29, 1.82) is 0 Å². The second-order valence-corrected chi connectivity index (χ2v) is 4.76. The Labute approximate surface area is 87.0 Å². The van der Waals surface area contributed by atoms with Crippen molar-refractivity contribution in [2.24, 2.45) is 0 Å². The van der Waals surface area contributed by atoms with Gasteiger partial charge in [0, 0.05) is 23.3 Å². The number of carbonyl (C=O) groups excluding carboxylic acids is 1. The monoisotopic (exact) mass is 211 g/mol. The molecule has 1 atom stereocenters. The third-order valence-electron chi connectivity index (χ3n) is 2.43. The summed E-state index contributed by atoms with van der Waals surface area (Å²) >= 11 is 1.58. The fourth-order valence-electron chi connectivity index (χ4n) is 1.66. The van der Waals surface area contributed by atoms with Crippen LogP contribution in [-0.2, 0) is 0 Å². The van der Waals surface area contributed by atoms with Gasteiger partial charge in [-0.1, -0.05) is 0 Å². The number of β-amino-alcohol motifs (C(OH)–C–C–N with tert-alkyl or cyclic N) is 1. The lowest BCUT2D eigenvalue weighted by atomic mass is 10.3. The number of aliphatic hydroxyl groups is 1.